The molecule has 11 heteroatoms. The van der Waals surface area contributed by atoms with Crippen molar-refractivity contribution in [1.82, 2.24) is 13.9 Å². The van der Waals surface area contributed by atoms with Crippen molar-refractivity contribution < 1.29 is 17.9 Å². The first kappa shape index (κ1) is 23.7. The summed E-state index contributed by atoms with van der Waals surface area (Å²) >= 11 is 5.27. The van der Waals surface area contributed by atoms with E-state index in [4.69, 9.17) is 17.0 Å². The Labute approximate surface area is 190 Å². The molecule has 3 rings (SSSR count). The summed E-state index contributed by atoms with van der Waals surface area (Å²) in [7, 11) is -0.292. The molecule has 0 spiro atoms. The van der Waals surface area contributed by atoms with Gasteiger partial charge in [0.15, 0.2) is 0 Å². The lowest BCUT2D eigenvalue weighted by molar-refractivity contribution is 0.143. The molecule has 1 aromatic rings. The highest BCUT2D eigenvalue weighted by Crippen LogP contribution is 2.26. The summed E-state index contributed by atoms with van der Waals surface area (Å²) in [6, 6.07) is 7.71. The molecular formula is C20H31N5O4S2. The minimum absolute atomic E-state index is 0.251. The zero-order chi connectivity index (χ0) is 22.8. The Morgan fingerprint density at radius 2 is 1.74 bits per heavy atom. The predicted octanol–water partition coefficient (Wildman–Crippen LogP) is 1.51. The van der Waals surface area contributed by atoms with Crippen LogP contribution in [0.25, 0.3) is 0 Å². The molecule has 0 saturated carbocycles. The second kappa shape index (κ2) is 9.68. The smallest absolute Gasteiger partial charge is 0.414 e. The van der Waals surface area contributed by atoms with E-state index in [9.17, 15) is 13.2 Å². The Morgan fingerprint density at radius 1 is 1.16 bits per heavy atom. The number of rotatable bonds is 7. The number of benzene rings is 1. The van der Waals surface area contributed by atoms with E-state index in [0.717, 1.165) is 16.4 Å². The number of hydrogen-bond acceptors (Lipinski definition) is 6. The first-order valence-corrected chi connectivity index (χ1v) is 12.2. The van der Waals surface area contributed by atoms with Gasteiger partial charge in [0.25, 0.3) is 10.2 Å². The average Bonchev–Trinajstić information content (AvgIpc) is 3.12. The van der Waals surface area contributed by atoms with Crippen molar-refractivity contribution in [3.05, 3.63) is 24.3 Å². The Hall–Kier alpha value is -1.95. The van der Waals surface area contributed by atoms with Crippen LogP contribution in [0.5, 0.6) is 0 Å². The molecular weight excluding hydrogens is 438 g/mol. The second-order valence-electron chi connectivity index (χ2n) is 8.21. The van der Waals surface area contributed by atoms with E-state index in [-0.39, 0.29) is 18.1 Å². The number of thiocarbonyl (C=S) groups is 1. The van der Waals surface area contributed by atoms with Gasteiger partial charge < -0.3 is 15.0 Å². The Balaban J connectivity index is 1.56. The third-order valence-electron chi connectivity index (χ3n) is 5.46. The highest BCUT2D eigenvalue weighted by Gasteiger charge is 2.33. The Kier molecular flexibility index (Phi) is 7.40. The van der Waals surface area contributed by atoms with E-state index < -0.39 is 10.2 Å². The summed E-state index contributed by atoms with van der Waals surface area (Å²) in [4.78, 5) is 16.8. The van der Waals surface area contributed by atoms with E-state index in [1.54, 1.807) is 19.0 Å². The molecule has 2 saturated heterocycles. The lowest BCUT2D eigenvalue weighted by Crippen LogP contribution is -2.51. The van der Waals surface area contributed by atoms with E-state index >= 15 is 0 Å². The van der Waals surface area contributed by atoms with Gasteiger partial charge in [0, 0.05) is 57.6 Å². The van der Waals surface area contributed by atoms with Crippen LogP contribution >= 0.6 is 12.2 Å². The van der Waals surface area contributed by atoms with E-state index in [2.05, 4.69) is 10.2 Å². The third kappa shape index (κ3) is 5.46. The van der Waals surface area contributed by atoms with Crippen molar-refractivity contribution in [3.63, 3.8) is 0 Å². The van der Waals surface area contributed by atoms with Gasteiger partial charge >= 0.3 is 6.09 Å². The molecule has 172 valence electrons. The molecule has 0 aliphatic carbocycles. The van der Waals surface area contributed by atoms with Crippen molar-refractivity contribution in [2.75, 3.05) is 63.2 Å². The topological polar surface area (TPSA) is 85.4 Å². The number of piperazine rings is 1. The third-order valence-corrected chi connectivity index (χ3v) is 8.01. The zero-order valence-corrected chi connectivity index (χ0v) is 20.1. The number of hydrogen-bond donors (Lipinski definition) is 1. The fourth-order valence-electron chi connectivity index (χ4n) is 3.51. The summed E-state index contributed by atoms with van der Waals surface area (Å²) in [6.07, 6.45) is -0.617. The minimum atomic E-state index is -3.38. The molecule has 0 aromatic heterocycles. The molecule has 0 bridgehead atoms. The molecule has 31 heavy (non-hydrogen) atoms. The van der Waals surface area contributed by atoms with Crippen LogP contribution in [0, 0.1) is 5.92 Å². The van der Waals surface area contributed by atoms with Crippen LogP contribution < -0.4 is 15.1 Å². The number of carbonyl (C=O) groups is 1. The van der Waals surface area contributed by atoms with Gasteiger partial charge in [0.1, 0.15) is 6.10 Å². The molecule has 1 atom stereocenters. The molecule has 2 heterocycles. The van der Waals surface area contributed by atoms with Crippen LogP contribution in [0.2, 0.25) is 0 Å². The Morgan fingerprint density at radius 3 is 2.29 bits per heavy atom. The molecule has 1 amide bonds. The van der Waals surface area contributed by atoms with Gasteiger partial charge in [-0.2, -0.15) is 17.0 Å². The standard InChI is InChI=1S/C20H31N5O4S2/c1-15(2)19(30)21-13-18-14-25(20(26)29-18)17-7-5-16(6-8-17)23-9-11-24(12-10-23)31(27,28)22(3)4/h5-8,15,18H,9-14H2,1-4H3,(H,21,30). The maximum Gasteiger partial charge on any atom is 0.414 e. The molecule has 0 radical (unpaired) electrons. The monoisotopic (exact) mass is 469 g/mol. The number of amides is 1. The van der Waals surface area contributed by atoms with Crippen molar-refractivity contribution in [1.29, 1.82) is 0 Å². The molecule has 2 fully saturated rings. The number of ether oxygens (including phenoxy) is 1. The van der Waals surface area contributed by atoms with Gasteiger partial charge in [-0.25, -0.2) is 4.79 Å². The fourth-order valence-corrected chi connectivity index (χ4v) is 4.68. The quantitative estimate of drug-likeness (QED) is 0.606. The van der Waals surface area contributed by atoms with E-state index in [1.165, 1.54) is 8.61 Å². The Bertz CT molecular complexity index is 897. The molecule has 1 aromatic carbocycles. The molecule has 2 aliphatic rings. The van der Waals surface area contributed by atoms with Crippen molar-refractivity contribution in [2.45, 2.75) is 20.0 Å². The summed E-state index contributed by atoms with van der Waals surface area (Å²) in [5.74, 6) is 0.251. The molecule has 1 N–H and O–H groups in total. The van der Waals surface area contributed by atoms with Crippen LogP contribution in [0.15, 0.2) is 24.3 Å². The van der Waals surface area contributed by atoms with Crippen molar-refractivity contribution in [2.24, 2.45) is 5.92 Å². The largest absolute Gasteiger partial charge is 0.442 e. The van der Waals surface area contributed by atoms with Crippen LogP contribution in [-0.2, 0) is 14.9 Å². The normalized spacial score (nSPS) is 20.5. The SMILES string of the molecule is CC(C)C(=S)NCC1CN(c2ccc(N3CCN(S(=O)(=O)N(C)C)CC3)cc2)C(=O)O1. The first-order valence-electron chi connectivity index (χ1n) is 10.4. The van der Waals surface area contributed by atoms with Gasteiger partial charge in [-0.15, -0.1) is 0 Å². The highest BCUT2D eigenvalue weighted by atomic mass is 32.2. The van der Waals surface area contributed by atoms with E-state index in [1.807, 2.05) is 38.1 Å². The van der Waals surface area contributed by atoms with Crippen molar-refractivity contribution in [3.8, 4) is 0 Å². The number of anilines is 2. The number of cyclic esters (lactones) is 1. The lowest BCUT2D eigenvalue weighted by atomic mass is 10.2. The highest BCUT2D eigenvalue weighted by molar-refractivity contribution is 7.86. The van der Waals surface area contributed by atoms with Crippen LogP contribution in [0.3, 0.4) is 0 Å². The minimum Gasteiger partial charge on any atom is -0.442 e. The first-order chi connectivity index (χ1) is 14.6. The van der Waals surface area contributed by atoms with Crippen LogP contribution in [0.1, 0.15) is 13.8 Å². The maximum absolute atomic E-state index is 12.3. The second-order valence-corrected chi connectivity index (χ2v) is 10.8. The lowest BCUT2D eigenvalue weighted by Gasteiger charge is -2.36. The summed E-state index contributed by atoms with van der Waals surface area (Å²) in [5, 5.41) is 3.16. The number of nitrogens with one attached hydrogen (secondary N) is 1. The average molecular weight is 470 g/mol. The van der Waals surface area contributed by atoms with Gasteiger partial charge in [-0.1, -0.05) is 26.1 Å². The number of carbonyl (C=O) groups excluding carboxylic acids is 1. The molecule has 9 nitrogen and oxygen atoms in total. The molecule has 2 aliphatic heterocycles. The van der Waals surface area contributed by atoms with Crippen LogP contribution in [-0.4, -0.2) is 87.6 Å². The van der Waals surface area contributed by atoms with Crippen molar-refractivity contribution >= 4 is 44.9 Å². The number of nitrogens with zero attached hydrogens (tertiary/aromatic N) is 4. The maximum atomic E-state index is 12.3. The predicted molar refractivity (Wildman–Crippen MR) is 126 cm³/mol. The van der Waals surface area contributed by atoms with Gasteiger partial charge in [0.2, 0.25) is 0 Å². The van der Waals surface area contributed by atoms with Gasteiger partial charge in [-0.05, 0) is 24.3 Å². The molecule has 1 unspecified atom stereocenters. The van der Waals surface area contributed by atoms with Gasteiger partial charge in [-0.3, -0.25) is 4.90 Å². The fraction of sp³-hybridized carbons (Fsp3) is 0.600. The zero-order valence-electron chi connectivity index (χ0n) is 18.4. The summed E-state index contributed by atoms with van der Waals surface area (Å²) in [5.41, 5.74) is 1.77. The van der Waals surface area contributed by atoms with E-state index in [0.29, 0.717) is 39.3 Å². The summed E-state index contributed by atoms with van der Waals surface area (Å²) in [6.45, 7) is 7.10. The van der Waals surface area contributed by atoms with Crippen LogP contribution in [0.4, 0.5) is 16.2 Å². The van der Waals surface area contributed by atoms with Gasteiger partial charge in [0.05, 0.1) is 18.1 Å². The summed E-state index contributed by atoms with van der Waals surface area (Å²) < 4.78 is 32.7.